The van der Waals surface area contributed by atoms with Crippen molar-refractivity contribution in [3.8, 4) is 22.8 Å². The summed E-state index contributed by atoms with van der Waals surface area (Å²) < 4.78 is 11.0. The van der Waals surface area contributed by atoms with Crippen molar-refractivity contribution < 1.29 is 9.47 Å². The molecule has 2 fully saturated rings. The summed E-state index contributed by atoms with van der Waals surface area (Å²) in [5, 5.41) is 5.04. The van der Waals surface area contributed by atoms with Crippen LogP contribution in [0.25, 0.3) is 22.2 Å². The summed E-state index contributed by atoms with van der Waals surface area (Å²) in [4.78, 5) is 6.26. The number of piperidine rings is 1. The van der Waals surface area contributed by atoms with Crippen LogP contribution in [0.3, 0.4) is 0 Å². The molecule has 0 saturated carbocycles. The number of aromatic nitrogens is 1. The van der Waals surface area contributed by atoms with Gasteiger partial charge in [-0.1, -0.05) is 13.8 Å². The van der Waals surface area contributed by atoms with E-state index in [1.165, 1.54) is 40.7 Å². The fraction of sp³-hybridized carbons (Fsp3) is 0.462. The van der Waals surface area contributed by atoms with Gasteiger partial charge in [0.2, 0.25) is 0 Å². The summed E-state index contributed by atoms with van der Waals surface area (Å²) in [5.74, 6) is 2.68. The zero-order valence-electron chi connectivity index (χ0n) is 19.0. The van der Waals surface area contributed by atoms with Gasteiger partial charge in [-0.2, -0.15) is 0 Å². The first-order chi connectivity index (χ1) is 15.1. The fourth-order valence-corrected chi connectivity index (χ4v) is 5.47. The topological polar surface area (TPSA) is 49.5 Å². The van der Waals surface area contributed by atoms with E-state index in [1.54, 1.807) is 14.2 Å². The highest BCUT2D eigenvalue weighted by atomic mass is 16.5. The fourth-order valence-electron chi connectivity index (χ4n) is 5.47. The average Bonchev–Trinajstić information content (AvgIpc) is 3.39. The van der Waals surface area contributed by atoms with Gasteiger partial charge in [-0.3, -0.25) is 0 Å². The van der Waals surface area contributed by atoms with E-state index < -0.39 is 0 Å². The summed E-state index contributed by atoms with van der Waals surface area (Å²) >= 11 is 0. The maximum Gasteiger partial charge on any atom is 0.161 e. The first-order valence-electron chi connectivity index (χ1n) is 11.5. The molecule has 2 aromatic carbocycles. The molecule has 0 spiro atoms. The van der Waals surface area contributed by atoms with Gasteiger partial charge >= 0.3 is 0 Å². The lowest BCUT2D eigenvalue weighted by Crippen LogP contribution is -2.40. The van der Waals surface area contributed by atoms with Gasteiger partial charge in [-0.05, 0) is 73.2 Å². The Kier molecular flexibility index (Phi) is 5.30. The number of anilines is 1. The van der Waals surface area contributed by atoms with Crippen molar-refractivity contribution in [3.63, 3.8) is 0 Å². The van der Waals surface area contributed by atoms with Crippen LogP contribution in [-0.2, 0) is 0 Å². The molecule has 5 heteroatoms. The van der Waals surface area contributed by atoms with Crippen LogP contribution in [0.4, 0.5) is 5.69 Å². The monoisotopic (exact) mass is 419 g/mol. The number of hydrogen-bond acceptors (Lipinski definition) is 4. The largest absolute Gasteiger partial charge is 0.493 e. The minimum Gasteiger partial charge on any atom is -0.493 e. The number of nitrogens with zero attached hydrogens (tertiary/aromatic N) is 1. The van der Waals surface area contributed by atoms with Crippen LogP contribution in [-0.4, -0.2) is 44.9 Å². The Morgan fingerprint density at radius 1 is 1.00 bits per heavy atom. The number of hydrogen-bond donors (Lipinski definition) is 2. The predicted molar refractivity (Wildman–Crippen MR) is 128 cm³/mol. The molecule has 5 rings (SSSR count). The maximum absolute atomic E-state index is 5.55. The highest BCUT2D eigenvalue weighted by molar-refractivity contribution is 5.94. The van der Waals surface area contributed by atoms with E-state index in [2.05, 4.69) is 59.4 Å². The molecule has 1 aromatic heterocycles. The van der Waals surface area contributed by atoms with Gasteiger partial charge in [-0.25, -0.2) is 0 Å². The van der Waals surface area contributed by atoms with Crippen molar-refractivity contribution in [2.24, 2.45) is 5.92 Å². The lowest BCUT2D eigenvalue weighted by Gasteiger charge is -2.24. The van der Waals surface area contributed by atoms with Gasteiger partial charge in [0.05, 0.1) is 19.9 Å². The number of fused-ring (bicyclic) bond motifs is 2. The van der Waals surface area contributed by atoms with Gasteiger partial charge in [0, 0.05) is 41.3 Å². The van der Waals surface area contributed by atoms with Crippen molar-refractivity contribution in [1.82, 2.24) is 10.3 Å². The van der Waals surface area contributed by atoms with Crippen molar-refractivity contribution in [1.29, 1.82) is 0 Å². The summed E-state index contributed by atoms with van der Waals surface area (Å²) in [6, 6.07) is 13.7. The van der Waals surface area contributed by atoms with Crippen molar-refractivity contribution in [3.05, 3.63) is 42.0 Å². The summed E-state index contributed by atoms with van der Waals surface area (Å²) in [5.41, 5.74) is 6.17. The summed E-state index contributed by atoms with van der Waals surface area (Å²) in [7, 11) is 3.36. The van der Waals surface area contributed by atoms with Crippen molar-refractivity contribution in [2.45, 2.75) is 38.6 Å². The van der Waals surface area contributed by atoms with Gasteiger partial charge in [-0.15, -0.1) is 0 Å². The number of ether oxygens (including phenoxy) is 2. The van der Waals surface area contributed by atoms with E-state index in [1.807, 2.05) is 6.07 Å². The number of rotatable bonds is 5. The molecule has 0 aliphatic carbocycles. The molecule has 2 N–H and O–H groups in total. The van der Waals surface area contributed by atoms with E-state index >= 15 is 0 Å². The van der Waals surface area contributed by atoms with E-state index in [4.69, 9.17) is 9.47 Å². The molecule has 3 aromatic rings. The highest BCUT2D eigenvalue weighted by Crippen LogP contribution is 2.40. The second-order valence-electron chi connectivity index (χ2n) is 9.24. The molecule has 0 amide bonds. The zero-order valence-corrected chi connectivity index (χ0v) is 19.0. The van der Waals surface area contributed by atoms with Crippen LogP contribution in [0.2, 0.25) is 0 Å². The minimum absolute atomic E-state index is 0.398. The first kappa shape index (κ1) is 20.3. The Labute approximate surface area is 184 Å². The SMILES string of the molecule is COc1ccc(-c2[nH]c3ccc(N4CC5CCCNC5C4)cc3c2C(C)C)cc1OC. The average molecular weight is 420 g/mol. The first-order valence-corrected chi connectivity index (χ1v) is 11.5. The van der Waals surface area contributed by atoms with Crippen molar-refractivity contribution >= 4 is 16.6 Å². The second-order valence-corrected chi connectivity index (χ2v) is 9.24. The van der Waals surface area contributed by atoms with Gasteiger partial charge < -0.3 is 24.7 Å². The Bertz CT molecular complexity index is 1070. The molecule has 2 atom stereocenters. The second kappa shape index (κ2) is 8.12. The Morgan fingerprint density at radius 2 is 1.84 bits per heavy atom. The molecule has 3 heterocycles. The smallest absolute Gasteiger partial charge is 0.161 e. The molecule has 164 valence electrons. The molecule has 0 bridgehead atoms. The van der Waals surface area contributed by atoms with Crippen LogP contribution in [0, 0.1) is 5.92 Å². The van der Waals surface area contributed by atoms with Crippen LogP contribution in [0.15, 0.2) is 36.4 Å². The molecule has 2 unspecified atom stereocenters. The normalized spacial score (nSPS) is 21.0. The molecule has 31 heavy (non-hydrogen) atoms. The zero-order chi connectivity index (χ0) is 21.5. The molecule has 2 saturated heterocycles. The van der Waals surface area contributed by atoms with Crippen LogP contribution >= 0.6 is 0 Å². The standard InChI is InChI=1S/C26H33N3O2/c1-16(2)25-20-13-19(29-14-18-6-5-11-27-22(18)15-29)8-9-21(20)28-26(25)17-7-10-23(30-3)24(12-17)31-4/h7-10,12-13,16,18,22,27-28H,5-6,11,14-15H2,1-4H3. The van der Waals surface area contributed by atoms with Crippen molar-refractivity contribution in [2.75, 3.05) is 38.8 Å². The number of H-pyrrole nitrogens is 1. The van der Waals surface area contributed by atoms with Gasteiger partial charge in [0.25, 0.3) is 0 Å². The molecule has 2 aliphatic rings. The number of methoxy groups -OCH3 is 2. The number of benzene rings is 2. The summed E-state index contributed by atoms with van der Waals surface area (Å²) in [6.07, 6.45) is 2.65. The number of nitrogens with one attached hydrogen (secondary N) is 2. The lowest BCUT2D eigenvalue weighted by molar-refractivity contribution is 0.340. The predicted octanol–water partition coefficient (Wildman–Crippen LogP) is 5.16. The van der Waals surface area contributed by atoms with E-state index in [9.17, 15) is 0 Å². The van der Waals surface area contributed by atoms with E-state index in [0.717, 1.165) is 42.6 Å². The Hall–Kier alpha value is -2.66. The highest BCUT2D eigenvalue weighted by Gasteiger charge is 2.34. The molecular formula is C26H33N3O2. The molecular weight excluding hydrogens is 386 g/mol. The third kappa shape index (κ3) is 3.55. The third-order valence-corrected chi connectivity index (χ3v) is 7.04. The minimum atomic E-state index is 0.398. The van der Waals surface area contributed by atoms with Gasteiger partial charge in [0.15, 0.2) is 11.5 Å². The van der Waals surface area contributed by atoms with Crippen LogP contribution < -0.4 is 19.7 Å². The Morgan fingerprint density at radius 3 is 2.58 bits per heavy atom. The number of aromatic amines is 1. The van der Waals surface area contributed by atoms with E-state index in [-0.39, 0.29) is 0 Å². The Balaban J connectivity index is 1.56. The quantitative estimate of drug-likeness (QED) is 0.599. The maximum atomic E-state index is 5.55. The van der Waals surface area contributed by atoms with E-state index in [0.29, 0.717) is 12.0 Å². The van der Waals surface area contributed by atoms with Crippen LogP contribution in [0.5, 0.6) is 11.5 Å². The molecule has 5 nitrogen and oxygen atoms in total. The molecule has 2 aliphatic heterocycles. The summed E-state index contributed by atoms with van der Waals surface area (Å²) in [6.45, 7) is 7.98. The lowest BCUT2D eigenvalue weighted by atomic mass is 9.94. The third-order valence-electron chi connectivity index (χ3n) is 7.04. The van der Waals surface area contributed by atoms with Gasteiger partial charge in [0.1, 0.15) is 0 Å². The molecule has 0 radical (unpaired) electrons. The van der Waals surface area contributed by atoms with Crippen LogP contribution in [0.1, 0.15) is 38.2 Å².